The Hall–Kier alpha value is -0.370. The summed E-state index contributed by atoms with van der Waals surface area (Å²) in [5, 5.41) is 10.6. The van der Waals surface area contributed by atoms with Gasteiger partial charge in [0.25, 0.3) is 0 Å². The van der Waals surface area contributed by atoms with Gasteiger partial charge in [0.2, 0.25) is 0 Å². The predicted octanol–water partition coefficient (Wildman–Crippen LogP) is 1.02. The predicted molar refractivity (Wildman–Crippen MR) is 60.4 cm³/mol. The number of piperidine rings is 1. The van der Waals surface area contributed by atoms with Crippen LogP contribution in [0.3, 0.4) is 0 Å². The molecule has 1 spiro atoms. The van der Waals surface area contributed by atoms with E-state index in [-0.39, 0.29) is 0 Å². The second-order valence-corrected chi connectivity index (χ2v) is 5.45. The summed E-state index contributed by atoms with van der Waals surface area (Å²) < 4.78 is 37.9. The Morgan fingerprint density at radius 2 is 1.72 bits per heavy atom. The Morgan fingerprint density at radius 3 is 2.28 bits per heavy atom. The zero-order valence-electron chi connectivity index (χ0n) is 10.6. The summed E-state index contributed by atoms with van der Waals surface area (Å²) in [6.45, 7) is 1.82. The highest BCUT2D eigenvalue weighted by atomic mass is 19.4. The van der Waals surface area contributed by atoms with E-state index in [1.807, 2.05) is 7.05 Å². The number of alkyl halides is 3. The summed E-state index contributed by atoms with van der Waals surface area (Å²) in [7, 11) is 1.94. The van der Waals surface area contributed by atoms with Crippen molar-refractivity contribution in [1.82, 2.24) is 14.9 Å². The summed E-state index contributed by atoms with van der Waals surface area (Å²) >= 11 is 0. The van der Waals surface area contributed by atoms with Crippen LogP contribution in [-0.2, 0) is 0 Å². The fraction of sp³-hybridized carbons (Fsp3) is 1.00. The van der Waals surface area contributed by atoms with Crippen molar-refractivity contribution in [2.75, 3.05) is 46.3 Å². The monoisotopic (exact) mass is 267 g/mol. The van der Waals surface area contributed by atoms with Gasteiger partial charge in [-0.15, -0.1) is 0 Å². The van der Waals surface area contributed by atoms with Crippen molar-refractivity contribution >= 4 is 0 Å². The average Bonchev–Trinajstić information content (AvgIpc) is 2.25. The summed E-state index contributed by atoms with van der Waals surface area (Å²) in [6, 6.07) is 0. The number of rotatable bonds is 1. The van der Waals surface area contributed by atoms with Crippen LogP contribution in [0.4, 0.5) is 13.2 Å². The van der Waals surface area contributed by atoms with Gasteiger partial charge < -0.3 is 10.1 Å². The molecule has 4 nitrogen and oxygen atoms in total. The average molecular weight is 267 g/mol. The summed E-state index contributed by atoms with van der Waals surface area (Å²) in [5.74, 6) is 0. The fourth-order valence-corrected chi connectivity index (χ4v) is 3.06. The Morgan fingerprint density at radius 1 is 1.11 bits per heavy atom. The maximum Gasteiger partial charge on any atom is 0.401 e. The van der Waals surface area contributed by atoms with Gasteiger partial charge in [-0.1, -0.05) is 0 Å². The molecule has 0 saturated carbocycles. The highest BCUT2D eigenvalue weighted by molar-refractivity contribution is 4.99. The molecular weight excluding hydrogens is 247 g/mol. The molecule has 0 aromatic carbocycles. The van der Waals surface area contributed by atoms with Crippen molar-refractivity contribution < 1.29 is 18.4 Å². The van der Waals surface area contributed by atoms with Crippen LogP contribution in [0.5, 0.6) is 0 Å². The lowest BCUT2D eigenvalue weighted by molar-refractivity contribution is -0.187. The third kappa shape index (κ3) is 3.14. The molecule has 7 heteroatoms. The van der Waals surface area contributed by atoms with Crippen LogP contribution in [0.2, 0.25) is 0 Å². The smallest absolute Gasteiger partial charge is 0.314 e. The molecule has 0 bridgehead atoms. The molecule has 2 rings (SSSR count). The van der Waals surface area contributed by atoms with Gasteiger partial charge in [-0.3, -0.25) is 4.90 Å². The number of piperazine rings is 1. The number of likely N-dealkylation sites (N-methyl/N-ethyl adjacent to an activating group) is 1. The van der Waals surface area contributed by atoms with Crippen LogP contribution in [-0.4, -0.2) is 78.1 Å². The highest BCUT2D eigenvalue weighted by Crippen LogP contribution is 2.34. The van der Waals surface area contributed by atoms with E-state index in [9.17, 15) is 18.4 Å². The van der Waals surface area contributed by atoms with Crippen molar-refractivity contribution in [3.8, 4) is 0 Å². The van der Waals surface area contributed by atoms with E-state index in [1.54, 1.807) is 4.90 Å². The third-order valence-electron chi connectivity index (χ3n) is 4.03. The summed E-state index contributed by atoms with van der Waals surface area (Å²) in [5.41, 5.74) is -0.429. The maximum atomic E-state index is 12.6. The first kappa shape index (κ1) is 14.0. The lowest BCUT2D eigenvalue weighted by Gasteiger charge is -2.53. The molecular formula is C11H20F3N3O. The number of hydrogen-bond acceptors (Lipinski definition) is 4. The van der Waals surface area contributed by atoms with Crippen LogP contribution in [0.25, 0.3) is 0 Å². The Kier molecular flexibility index (Phi) is 3.87. The van der Waals surface area contributed by atoms with Crippen LogP contribution in [0, 0.1) is 0 Å². The van der Waals surface area contributed by atoms with Gasteiger partial charge in [-0.2, -0.15) is 18.2 Å². The van der Waals surface area contributed by atoms with E-state index < -0.39 is 18.3 Å². The molecule has 0 atom stereocenters. The Labute approximate surface area is 105 Å². The lowest BCUT2D eigenvalue weighted by Crippen LogP contribution is -2.66. The highest BCUT2D eigenvalue weighted by Gasteiger charge is 2.46. The molecule has 0 radical (unpaired) electrons. The van der Waals surface area contributed by atoms with E-state index in [4.69, 9.17) is 0 Å². The van der Waals surface area contributed by atoms with Gasteiger partial charge in [0.1, 0.15) is 0 Å². The van der Waals surface area contributed by atoms with Gasteiger partial charge in [-0.05, 0) is 19.9 Å². The molecule has 0 amide bonds. The molecule has 2 fully saturated rings. The first-order chi connectivity index (χ1) is 8.31. The molecule has 18 heavy (non-hydrogen) atoms. The largest absolute Gasteiger partial charge is 0.401 e. The molecule has 0 aromatic heterocycles. The molecule has 2 aliphatic rings. The minimum Gasteiger partial charge on any atom is -0.314 e. The summed E-state index contributed by atoms with van der Waals surface area (Å²) in [6.07, 6.45) is -2.98. The normalized spacial score (nSPS) is 27.8. The second-order valence-electron chi connectivity index (χ2n) is 5.45. The molecule has 1 N–H and O–H groups in total. The standard InChI is InChI=1S/C11H20F3N3O/c1-15-6-7-16(9-11(12,13)14)10(8-15)2-4-17(18)5-3-10/h18H,2-9H2,1H3. The van der Waals surface area contributed by atoms with Crippen LogP contribution in [0.1, 0.15) is 12.8 Å². The first-order valence-electron chi connectivity index (χ1n) is 6.25. The fourth-order valence-electron chi connectivity index (χ4n) is 3.06. The van der Waals surface area contributed by atoms with Crippen molar-refractivity contribution in [3.63, 3.8) is 0 Å². The van der Waals surface area contributed by atoms with E-state index >= 15 is 0 Å². The van der Waals surface area contributed by atoms with Gasteiger partial charge in [0.05, 0.1) is 6.54 Å². The van der Waals surface area contributed by atoms with Gasteiger partial charge >= 0.3 is 6.18 Å². The van der Waals surface area contributed by atoms with E-state index in [1.165, 1.54) is 5.06 Å². The van der Waals surface area contributed by atoms with Crippen LogP contribution < -0.4 is 0 Å². The second kappa shape index (κ2) is 4.96. The SMILES string of the molecule is CN1CCN(CC(F)(F)F)C2(CCN(O)CC2)C1. The molecule has 0 aliphatic carbocycles. The maximum absolute atomic E-state index is 12.6. The van der Waals surface area contributed by atoms with Crippen LogP contribution >= 0.6 is 0 Å². The lowest BCUT2D eigenvalue weighted by atomic mass is 9.84. The summed E-state index contributed by atoms with van der Waals surface area (Å²) in [4.78, 5) is 3.65. The third-order valence-corrected chi connectivity index (χ3v) is 4.03. The van der Waals surface area contributed by atoms with Gasteiger partial charge in [0, 0.05) is 38.3 Å². The van der Waals surface area contributed by atoms with Gasteiger partial charge in [-0.25, -0.2) is 0 Å². The van der Waals surface area contributed by atoms with Crippen molar-refractivity contribution in [1.29, 1.82) is 0 Å². The van der Waals surface area contributed by atoms with E-state index in [0.29, 0.717) is 45.6 Å². The number of hydrogen-bond donors (Lipinski definition) is 1. The quantitative estimate of drug-likeness (QED) is 0.768. The molecule has 106 valence electrons. The zero-order chi connectivity index (χ0) is 13.4. The van der Waals surface area contributed by atoms with Crippen molar-refractivity contribution in [2.45, 2.75) is 24.6 Å². The Balaban J connectivity index is 2.10. The van der Waals surface area contributed by atoms with Gasteiger partial charge in [0.15, 0.2) is 0 Å². The molecule has 2 aliphatic heterocycles. The minimum absolute atomic E-state index is 0.429. The number of hydroxylamine groups is 2. The zero-order valence-corrected chi connectivity index (χ0v) is 10.6. The number of nitrogens with zero attached hydrogens (tertiary/aromatic N) is 3. The minimum atomic E-state index is -4.15. The topological polar surface area (TPSA) is 30.0 Å². The number of halogens is 3. The van der Waals surface area contributed by atoms with Crippen LogP contribution in [0.15, 0.2) is 0 Å². The van der Waals surface area contributed by atoms with E-state index in [0.717, 1.165) is 0 Å². The Bertz CT molecular complexity index is 290. The first-order valence-corrected chi connectivity index (χ1v) is 6.25. The van der Waals surface area contributed by atoms with Crippen molar-refractivity contribution in [3.05, 3.63) is 0 Å². The molecule has 2 heterocycles. The molecule has 0 unspecified atom stereocenters. The van der Waals surface area contributed by atoms with E-state index in [2.05, 4.69) is 4.90 Å². The van der Waals surface area contributed by atoms with Crippen molar-refractivity contribution in [2.24, 2.45) is 0 Å². The molecule has 0 aromatic rings. The molecule has 2 saturated heterocycles.